The summed E-state index contributed by atoms with van der Waals surface area (Å²) in [6, 6.07) is 7.08. The number of hydrogen-bond acceptors (Lipinski definition) is 4. The van der Waals surface area contributed by atoms with Gasteiger partial charge in [-0.2, -0.15) is 5.10 Å². The van der Waals surface area contributed by atoms with Crippen LogP contribution in [0, 0.1) is 0 Å². The van der Waals surface area contributed by atoms with Crippen LogP contribution in [-0.2, 0) is 5.54 Å². The highest BCUT2D eigenvalue weighted by atomic mass is 35.5. The number of nitrogen functional groups attached to an aromatic ring is 1. The summed E-state index contributed by atoms with van der Waals surface area (Å²) in [7, 11) is 1.56. The fraction of sp³-hybridized carbons (Fsp3) is 0.444. The Labute approximate surface area is 154 Å². The van der Waals surface area contributed by atoms with Crippen molar-refractivity contribution in [3.05, 3.63) is 35.7 Å². The van der Waals surface area contributed by atoms with Gasteiger partial charge in [-0.05, 0) is 57.9 Å². The van der Waals surface area contributed by atoms with Crippen LogP contribution in [0.5, 0.6) is 5.75 Å². The summed E-state index contributed by atoms with van der Waals surface area (Å²) >= 11 is 0. The molecule has 3 N–H and O–H groups in total. The Morgan fingerprint density at radius 3 is 2.52 bits per heavy atom. The standard InChI is InChI=1S/C18H24N4O2.ClH/c1-18(2,3)22-15(11-5-6-11)10-14(21-22)17(23)20-12-7-8-16(24-4)13(19)9-12;/h7-11H,5-6,19H2,1-4H3,(H,20,23);1H. The Hall–Kier alpha value is -2.21. The molecule has 0 radical (unpaired) electrons. The van der Waals surface area contributed by atoms with E-state index in [1.807, 2.05) is 10.7 Å². The van der Waals surface area contributed by atoms with Crippen molar-refractivity contribution in [2.75, 3.05) is 18.2 Å². The molecule has 0 aliphatic heterocycles. The van der Waals surface area contributed by atoms with Gasteiger partial charge in [0.15, 0.2) is 5.69 Å². The van der Waals surface area contributed by atoms with Crippen molar-refractivity contribution in [1.29, 1.82) is 0 Å². The lowest BCUT2D eigenvalue weighted by Gasteiger charge is -2.22. The number of rotatable bonds is 4. The van der Waals surface area contributed by atoms with Crippen molar-refractivity contribution in [2.45, 2.75) is 45.1 Å². The Morgan fingerprint density at radius 1 is 1.32 bits per heavy atom. The maximum Gasteiger partial charge on any atom is 0.276 e. The second kappa shape index (κ2) is 6.96. The number of halogens is 1. The number of carbonyl (C=O) groups excluding carboxylic acids is 1. The number of nitrogens with one attached hydrogen (secondary N) is 1. The lowest BCUT2D eigenvalue weighted by atomic mass is 10.1. The molecule has 0 unspecified atom stereocenters. The number of ether oxygens (including phenoxy) is 1. The van der Waals surface area contributed by atoms with E-state index in [0.717, 1.165) is 18.5 Å². The molecule has 1 aromatic carbocycles. The lowest BCUT2D eigenvalue weighted by Crippen LogP contribution is -2.25. The summed E-state index contributed by atoms with van der Waals surface area (Å²) < 4.78 is 7.10. The van der Waals surface area contributed by atoms with E-state index in [-0.39, 0.29) is 23.9 Å². The monoisotopic (exact) mass is 364 g/mol. The van der Waals surface area contributed by atoms with Gasteiger partial charge >= 0.3 is 0 Å². The Balaban J connectivity index is 0.00000225. The Morgan fingerprint density at radius 2 is 2.00 bits per heavy atom. The maximum atomic E-state index is 12.6. The highest BCUT2D eigenvalue weighted by Crippen LogP contribution is 2.41. The SMILES string of the molecule is COc1ccc(NC(=O)c2cc(C3CC3)n(C(C)(C)C)n2)cc1N.Cl. The zero-order chi connectivity index (χ0) is 17.5. The molecule has 6 nitrogen and oxygen atoms in total. The van der Waals surface area contributed by atoms with Crippen molar-refractivity contribution in [3.63, 3.8) is 0 Å². The Bertz CT molecular complexity index is 776. The van der Waals surface area contributed by atoms with Crippen molar-refractivity contribution < 1.29 is 9.53 Å². The summed E-state index contributed by atoms with van der Waals surface area (Å²) in [6.07, 6.45) is 2.33. The van der Waals surface area contributed by atoms with Gasteiger partial charge in [0.1, 0.15) is 5.75 Å². The maximum absolute atomic E-state index is 12.6. The van der Waals surface area contributed by atoms with Crippen LogP contribution in [0.1, 0.15) is 55.7 Å². The Kier molecular flexibility index (Phi) is 5.32. The first kappa shape index (κ1) is 19.1. The van der Waals surface area contributed by atoms with Gasteiger partial charge in [-0.15, -0.1) is 12.4 Å². The van der Waals surface area contributed by atoms with Crippen LogP contribution in [-0.4, -0.2) is 22.8 Å². The number of nitrogens with two attached hydrogens (primary N) is 1. The predicted octanol–water partition coefficient (Wildman–Crippen LogP) is 3.78. The van der Waals surface area contributed by atoms with Crippen LogP contribution in [0.4, 0.5) is 11.4 Å². The molecule has 0 bridgehead atoms. The number of nitrogens with zero attached hydrogens (tertiary/aromatic N) is 2. The molecule has 1 heterocycles. The molecule has 1 aromatic heterocycles. The molecule has 3 rings (SSSR count). The largest absolute Gasteiger partial charge is 0.495 e. The molecule has 1 fully saturated rings. The minimum absolute atomic E-state index is 0. The third-order valence-electron chi connectivity index (χ3n) is 4.09. The van der Waals surface area contributed by atoms with Crippen LogP contribution < -0.4 is 15.8 Å². The van der Waals surface area contributed by atoms with E-state index in [0.29, 0.717) is 28.7 Å². The topological polar surface area (TPSA) is 82.2 Å². The second-order valence-electron chi connectivity index (χ2n) is 7.22. The van der Waals surface area contributed by atoms with Crippen molar-refractivity contribution in [3.8, 4) is 5.75 Å². The van der Waals surface area contributed by atoms with E-state index in [1.54, 1.807) is 25.3 Å². The molecule has 0 spiro atoms. The van der Waals surface area contributed by atoms with Crippen LogP contribution in [0.2, 0.25) is 0 Å². The normalized spacial score (nSPS) is 13.9. The van der Waals surface area contributed by atoms with Crippen LogP contribution >= 0.6 is 12.4 Å². The third-order valence-corrected chi connectivity index (χ3v) is 4.09. The van der Waals surface area contributed by atoms with E-state index in [1.165, 1.54) is 0 Å². The number of hydrogen-bond donors (Lipinski definition) is 2. The van der Waals surface area contributed by atoms with Crippen molar-refractivity contribution >= 4 is 29.7 Å². The molecule has 7 heteroatoms. The van der Waals surface area contributed by atoms with Gasteiger partial charge in [0, 0.05) is 17.3 Å². The molecule has 1 saturated carbocycles. The van der Waals surface area contributed by atoms with Crippen molar-refractivity contribution in [1.82, 2.24) is 9.78 Å². The molecule has 1 aliphatic rings. The van der Waals surface area contributed by atoms with E-state index in [2.05, 4.69) is 31.2 Å². The minimum atomic E-state index is -0.232. The summed E-state index contributed by atoms with van der Waals surface area (Å²) in [6.45, 7) is 6.28. The van der Waals surface area contributed by atoms with Crippen LogP contribution in [0.15, 0.2) is 24.3 Å². The number of benzene rings is 1. The zero-order valence-corrected chi connectivity index (χ0v) is 15.8. The van der Waals surface area contributed by atoms with Gasteiger partial charge in [-0.1, -0.05) is 0 Å². The molecule has 1 aliphatic carbocycles. The van der Waals surface area contributed by atoms with Gasteiger partial charge in [0.25, 0.3) is 5.91 Å². The second-order valence-corrected chi connectivity index (χ2v) is 7.22. The van der Waals surface area contributed by atoms with Gasteiger partial charge in [-0.25, -0.2) is 0 Å². The van der Waals surface area contributed by atoms with Crippen LogP contribution in [0.3, 0.4) is 0 Å². The predicted molar refractivity (Wildman–Crippen MR) is 102 cm³/mol. The summed E-state index contributed by atoms with van der Waals surface area (Å²) in [5, 5.41) is 7.40. The highest BCUT2D eigenvalue weighted by molar-refractivity contribution is 6.03. The van der Waals surface area contributed by atoms with E-state index in [4.69, 9.17) is 10.5 Å². The van der Waals surface area contributed by atoms with E-state index < -0.39 is 0 Å². The number of anilines is 2. The molecule has 0 atom stereocenters. The van der Waals surface area contributed by atoms with Crippen LogP contribution in [0.25, 0.3) is 0 Å². The quantitative estimate of drug-likeness (QED) is 0.809. The summed E-state index contributed by atoms with van der Waals surface area (Å²) in [5.41, 5.74) is 8.41. The van der Waals surface area contributed by atoms with Crippen molar-refractivity contribution in [2.24, 2.45) is 0 Å². The van der Waals surface area contributed by atoms with Gasteiger partial charge in [0.05, 0.1) is 18.3 Å². The fourth-order valence-electron chi connectivity index (χ4n) is 2.72. The molecule has 2 aromatic rings. The highest BCUT2D eigenvalue weighted by Gasteiger charge is 2.32. The van der Waals surface area contributed by atoms with E-state index in [9.17, 15) is 4.79 Å². The first-order valence-electron chi connectivity index (χ1n) is 8.15. The number of methoxy groups -OCH3 is 1. The van der Waals surface area contributed by atoms with Gasteiger partial charge < -0.3 is 15.8 Å². The molecule has 136 valence electrons. The zero-order valence-electron chi connectivity index (χ0n) is 15.0. The van der Waals surface area contributed by atoms with E-state index >= 15 is 0 Å². The third kappa shape index (κ3) is 4.07. The average Bonchev–Trinajstić information content (AvgIpc) is 3.24. The summed E-state index contributed by atoms with van der Waals surface area (Å²) in [4.78, 5) is 12.6. The van der Waals surface area contributed by atoms with Gasteiger partial charge in [0.2, 0.25) is 0 Å². The summed E-state index contributed by atoms with van der Waals surface area (Å²) in [5.74, 6) is 0.875. The average molecular weight is 365 g/mol. The molecule has 0 saturated heterocycles. The van der Waals surface area contributed by atoms with Gasteiger partial charge in [-0.3, -0.25) is 9.48 Å². The smallest absolute Gasteiger partial charge is 0.276 e. The number of amides is 1. The molecule has 25 heavy (non-hydrogen) atoms. The molecular weight excluding hydrogens is 340 g/mol. The first-order valence-corrected chi connectivity index (χ1v) is 8.15. The molecule has 1 amide bonds. The molecular formula is C18H25ClN4O2. The minimum Gasteiger partial charge on any atom is -0.495 e. The number of carbonyl (C=O) groups is 1. The first-order chi connectivity index (χ1) is 11.3. The fourth-order valence-corrected chi connectivity index (χ4v) is 2.72. The lowest BCUT2D eigenvalue weighted by molar-refractivity contribution is 0.102. The number of aromatic nitrogens is 2.